The van der Waals surface area contributed by atoms with Crippen LogP contribution in [0.5, 0.6) is 23.0 Å². The maximum atomic E-state index is 10.8. The first-order chi connectivity index (χ1) is 15.4. The first kappa shape index (κ1) is 22.4. The van der Waals surface area contributed by atoms with Crippen LogP contribution >= 0.6 is 0 Å². The summed E-state index contributed by atoms with van der Waals surface area (Å²) in [4.78, 5) is 10.3. The smallest absolute Gasteiger partial charge is 0.269 e. The highest BCUT2D eigenvalue weighted by Gasteiger charge is 2.09. The maximum Gasteiger partial charge on any atom is 0.269 e. The summed E-state index contributed by atoms with van der Waals surface area (Å²) in [6.07, 6.45) is 7.20. The summed E-state index contributed by atoms with van der Waals surface area (Å²) in [5, 5.41) is 21.3. The molecule has 32 heavy (non-hydrogen) atoms. The maximum absolute atomic E-state index is 10.8. The number of hydrogen-bond acceptors (Lipinski definition) is 6. The van der Waals surface area contributed by atoms with Crippen molar-refractivity contribution in [2.45, 2.75) is 0 Å². The summed E-state index contributed by atoms with van der Waals surface area (Å²) < 4.78 is 16.0. The van der Waals surface area contributed by atoms with Gasteiger partial charge in [-0.05, 0) is 59.2 Å². The van der Waals surface area contributed by atoms with Crippen molar-refractivity contribution in [3.8, 4) is 23.0 Å². The van der Waals surface area contributed by atoms with Crippen molar-refractivity contribution in [3.63, 3.8) is 0 Å². The Morgan fingerprint density at radius 3 is 1.91 bits per heavy atom. The standard InChI is InChI=1S/C25H23NO6/c1-30-23-13-9-18(15-25(23)32-3)4-5-19-14-22(27)21(24(16-19)31-2)12-8-17-6-10-20(11-7-17)26(28)29/h4-16,27H,1-3H3/b5-4+,12-8+. The fourth-order valence-corrected chi connectivity index (χ4v) is 3.10. The number of methoxy groups -OCH3 is 3. The third-order valence-electron chi connectivity index (χ3n) is 4.78. The molecule has 0 bridgehead atoms. The van der Waals surface area contributed by atoms with Gasteiger partial charge in [-0.2, -0.15) is 0 Å². The average Bonchev–Trinajstić information content (AvgIpc) is 2.81. The molecule has 0 aliphatic rings. The second kappa shape index (κ2) is 10.2. The van der Waals surface area contributed by atoms with E-state index in [0.717, 1.165) is 16.7 Å². The number of aromatic hydroxyl groups is 1. The highest BCUT2D eigenvalue weighted by atomic mass is 16.6. The van der Waals surface area contributed by atoms with Gasteiger partial charge in [0.15, 0.2) is 11.5 Å². The molecule has 0 aromatic heterocycles. The van der Waals surface area contributed by atoms with Crippen LogP contribution in [0.4, 0.5) is 5.69 Å². The molecule has 0 aliphatic heterocycles. The van der Waals surface area contributed by atoms with E-state index in [1.165, 1.54) is 19.2 Å². The van der Waals surface area contributed by atoms with Crippen LogP contribution < -0.4 is 14.2 Å². The van der Waals surface area contributed by atoms with Crippen molar-refractivity contribution in [1.29, 1.82) is 0 Å². The van der Waals surface area contributed by atoms with E-state index >= 15 is 0 Å². The van der Waals surface area contributed by atoms with Crippen LogP contribution in [0.3, 0.4) is 0 Å². The van der Waals surface area contributed by atoms with Crippen LogP contribution in [0.1, 0.15) is 22.3 Å². The molecule has 0 unspecified atom stereocenters. The number of ether oxygens (including phenoxy) is 3. The van der Waals surface area contributed by atoms with Crippen molar-refractivity contribution in [2.24, 2.45) is 0 Å². The van der Waals surface area contributed by atoms with Gasteiger partial charge in [0, 0.05) is 12.1 Å². The zero-order valence-corrected chi connectivity index (χ0v) is 17.9. The van der Waals surface area contributed by atoms with Gasteiger partial charge in [0.1, 0.15) is 11.5 Å². The van der Waals surface area contributed by atoms with Gasteiger partial charge in [-0.1, -0.05) is 24.3 Å². The Bertz CT molecular complexity index is 1170. The zero-order chi connectivity index (χ0) is 23.1. The topological polar surface area (TPSA) is 91.1 Å². The van der Waals surface area contributed by atoms with Crippen LogP contribution in [0.15, 0.2) is 54.6 Å². The van der Waals surface area contributed by atoms with Gasteiger partial charge in [-0.15, -0.1) is 0 Å². The third kappa shape index (κ3) is 5.26. The molecule has 1 N–H and O–H groups in total. The van der Waals surface area contributed by atoms with Gasteiger partial charge in [0.2, 0.25) is 0 Å². The minimum Gasteiger partial charge on any atom is -0.507 e. The number of non-ortho nitro benzene ring substituents is 1. The van der Waals surface area contributed by atoms with Crippen molar-refractivity contribution >= 4 is 30.0 Å². The summed E-state index contributed by atoms with van der Waals surface area (Å²) in [6.45, 7) is 0. The summed E-state index contributed by atoms with van der Waals surface area (Å²) in [7, 11) is 4.69. The molecule has 0 amide bonds. The molecule has 7 nitrogen and oxygen atoms in total. The number of nitro benzene ring substituents is 1. The molecule has 0 heterocycles. The van der Waals surface area contributed by atoms with Gasteiger partial charge in [-0.25, -0.2) is 0 Å². The predicted molar refractivity (Wildman–Crippen MR) is 125 cm³/mol. The fraction of sp³-hybridized carbons (Fsp3) is 0.120. The lowest BCUT2D eigenvalue weighted by Crippen LogP contribution is -1.90. The highest BCUT2D eigenvalue weighted by Crippen LogP contribution is 2.33. The molecule has 0 radical (unpaired) electrons. The van der Waals surface area contributed by atoms with Crippen LogP contribution in [0, 0.1) is 10.1 Å². The van der Waals surface area contributed by atoms with Gasteiger partial charge < -0.3 is 19.3 Å². The lowest BCUT2D eigenvalue weighted by atomic mass is 10.1. The second-order valence-corrected chi connectivity index (χ2v) is 6.79. The summed E-state index contributed by atoms with van der Waals surface area (Å²) in [5.74, 6) is 1.82. The van der Waals surface area contributed by atoms with Crippen molar-refractivity contribution in [2.75, 3.05) is 21.3 Å². The fourth-order valence-electron chi connectivity index (χ4n) is 3.10. The monoisotopic (exact) mass is 433 g/mol. The second-order valence-electron chi connectivity index (χ2n) is 6.79. The molecule has 3 aromatic rings. The molecule has 3 rings (SSSR count). The zero-order valence-electron chi connectivity index (χ0n) is 17.9. The summed E-state index contributed by atoms with van der Waals surface area (Å²) in [5.41, 5.74) is 2.95. The van der Waals surface area contributed by atoms with E-state index < -0.39 is 4.92 Å². The lowest BCUT2D eigenvalue weighted by Gasteiger charge is -2.09. The SMILES string of the molecule is COc1ccc(/C=C/c2cc(O)c(/C=C/c3ccc([N+](=O)[O-])cc3)c(OC)c2)cc1OC. The highest BCUT2D eigenvalue weighted by molar-refractivity contribution is 5.79. The minimum absolute atomic E-state index is 0.0215. The molecule has 0 saturated heterocycles. The largest absolute Gasteiger partial charge is 0.507 e. The van der Waals surface area contributed by atoms with E-state index in [1.807, 2.05) is 36.4 Å². The Morgan fingerprint density at radius 1 is 0.719 bits per heavy atom. The number of benzene rings is 3. The van der Waals surface area contributed by atoms with Gasteiger partial charge in [-0.3, -0.25) is 10.1 Å². The predicted octanol–water partition coefficient (Wildman–Crippen LogP) is 5.67. The number of hydrogen-bond donors (Lipinski definition) is 1. The van der Waals surface area contributed by atoms with Crippen LogP contribution in [-0.2, 0) is 0 Å². The number of nitro groups is 1. The molecule has 0 fully saturated rings. The lowest BCUT2D eigenvalue weighted by molar-refractivity contribution is -0.384. The Kier molecular flexibility index (Phi) is 7.13. The van der Waals surface area contributed by atoms with E-state index in [4.69, 9.17) is 14.2 Å². The van der Waals surface area contributed by atoms with E-state index in [0.29, 0.717) is 22.8 Å². The molecule has 0 spiro atoms. The third-order valence-corrected chi connectivity index (χ3v) is 4.78. The molecule has 7 heteroatoms. The van der Waals surface area contributed by atoms with Gasteiger partial charge in [0.05, 0.1) is 31.8 Å². The number of phenolic OH excluding ortho intramolecular Hbond substituents is 1. The Labute approximate surface area is 186 Å². The van der Waals surface area contributed by atoms with Crippen LogP contribution in [0.2, 0.25) is 0 Å². The number of nitrogens with zero attached hydrogens (tertiary/aromatic N) is 1. The molecule has 3 aromatic carbocycles. The van der Waals surface area contributed by atoms with Crippen molar-refractivity contribution in [1.82, 2.24) is 0 Å². The van der Waals surface area contributed by atoms with Gasteiger partial charge in [0.25, 0.3) is 5.69 Å². The van der Waals surface area contributed by atoms with E-state index in [-0.39, 0.29) is 11.4 Å². The van der Waals surface area contributed by atoms with E-state index in [9.17, 15) is 15.2 Å². The summed E-state index contributed by atoms with van der Waals surface area (Å²) >= 11 is 0. The summed E-state index contributed by atoms with van der Waals surface area (Å²) in [6, 6.07) is 15.2. The average molecular weight is 433 g/mol. The van der Waals surface area contributed by atoms with Crippen molar-refractivity contribution < 1.29 is 24.2 Å². The minimum atomic E-state index is -0.448. The quantitative estimate of drug-likeness (QED) is 0.280. The first-order valence-electron chi connectivity index (χ1n) is 9.68. The molecule has 0 saturated carbocycles. The van der Waals surface area contributed by atoms with Gasteiger partial charge >= 0.3 is 0 Å². The molecular weight excluding hydrogens is 410 g/mol. The van der Waals surface area contributed by atoms with Crippen molar-refractivity contribution in [3.05, 3.63) is 87.0 Å². The van der Waals surface area contributed by atoms with Crippen LogP contribution in [-0.4, -0.2) is 31.4 Å². The Morgan fingerprint density at radius 2 is 1.28 bits per heavy atom. The first-order valence-corrected chi connectivity index (χ1v) is 9.68. The molecule has 0 aliphatic carbocycles. The number of rotatable bonds is 8. The van der Waals surface area contributed by atoms with E-state index in [2.05, 4.69) is 0 Å². The molecule has 164 valence electrons. The van der Waals surface area contributed by atoms with E-state index in [1.54, 1.807) is 44.6 Å². The molecular formula is C25H23NO6. The normalized spacial score (nSPS) is 11.1. The van der Waals surface area contributed by atoms with Crippen LogP contribution in [0.25, 0.3) is 24.3 Å². The molecule has 0 atom stereocenters. The Hall–Kier alpha value is -4.26. The number of phenols is 1. The Balaban J connectivity index is 1.84.